The van der Waals surface area contributed by atoms with E-state index in [0.717, 1.165) is 12.0 Å². The fourth-order valence-corrected chi connectivity index (χ4v) is 2.09. The molecule has 6 heteroatoms. The summed E-state index contributed by atoms with van der Waals surface area (Å²) in [7, 11) is 0. The number of hydrogen-bond donors (Lipinski definition) is 3. The van der Waals surface area contributed by atoms with E-state index in [1.807, 2.05) is 30.3 Å². The first-order valence-electron chi connectivity index (χ1n) is 7.02. The lowest BCUT2D eigenvalue weighted by molar-refractivity contribution is -0.120. The predicted molar refractivity (Wildman–Crippen MR) is 82.5 cm³/mol. The van der Waals surface area contributed by atoms with Crippen LogP contribution in [0, 0.1) is 0 Å². The van der Waals surface area contributed by atoms with Gasteiger partial charge in [0.1, 0.15) is 0 Å². The van der Waals surface area contributed by atoms with E-state index in [9.17, 15) is 4.79 Å². The topological polar surface area (TPSA) is 101 Å². The van der Waals surface area contributed by atoms with Crippen LogP contribution in [0.15, 0.2) is 42.7 Å². The number of rotatable bonds is 7. The number of hydrogen-bond acceptors (Lipinski definition) is 4. The number of amides is 1. The Hall–Kier alpha value is -2.18. The van der Waals surface area contributed by atoms with Crippen molar-refractivity contribution >= 4 is 11.9 Å². The monoisotopic (exact) mass is 287 g/mol. The second kappa shape index (κ2) is 7.56. The Labute approximate surface area is 124 Å². The minimum Gasteiger partial charge on any atom is -0.331 e. The number of benzene rings is 1. The lowest BCUT2D eigenvalue weighted by atomic mass is 10.1. The van der Waals surface area contributed by atoms with Crippen LogP contribution in [0.2, 0.25) is 0 Å². The third kappa shape index (κ3) is 4.14. The van der Waals surface area contributed by atoms with Gasteiger partial charge in [0, 0.05) is 12.4 Å². The predicted octanol–water partition coefficient (Wildman–Crippen LogP) is 1.01. The lowest BCUT2D eigenvalue weighted by Crippen LogP contribution is -2.44. The Kier molecular flexibility index (Phi) is 5.48. The highest BCUT2D eigenvalue weighted by Gasteiger charge is 2.23. The SMILES string of the molecule is NCCCC(N)C(=O)N(Cc1ccccc1)c1ncc[nH]1. The molecule has 0 radical (unpaired) electrons. The molecule has 0 spiro atoms. The van der Waals surface area contributed by atoms with Crippen molar-refractivity contribution in [2.75, 3.05) is 11.4 Å². The summed E-state index contributed by atoms with van der Waals surface area (Å²) < 4.78 is 0. The summed E-state index contributed by atoms with van der Waals surface area (Å²) in [5.74, 6) is 0.356. The van der Waals surface area contributed by atoms with Gasteiger partial charge in [-0.2, -0.15) is 0 Å². The number of aromatic nitrogens is 2. The number of H-pyrrole nitrogens is 1. The first-order chi connectivity index (χ1) is 10.2. The molecule has 21 heavy (non-hydrogen) atoms. The van der Waals surface area contributed by atoms with Crippen molar-refractivity contribution in [2.24, 2.45) is 11.5 Å². The van der Waals surface area contributed by atoms with Gasteiger partial charge in [-0.1, -0.05) is 30.3 Å². The Morgan fingerprint density at radius 2 is 2.10 bits per heavy atom. The van der Waals surface area contributed by atoms with Crippen molar-refractivity contribution in [2.45, 2.75) is 25.4 Å². The molecule has 0 saturated carbocycles. The van der Waals surface area contributed by atoms with Gasteiger partial charge in [0.2, 0.25) is 11.9 Å². The molecular weight excluding hydrogens is 266 g/mol. The van der Waals surface area contributed by atoms with Crippen LogP contribution in [-0.2, 0) is 11.3 Å². The standard InChI is InChI=1S/C15H21N5O/c16-8-4-7-13(17)14(21)20(15-18-9-10-19-15)11-12-5-2-1-3-6-12/h1-3,5-6,9-10,13H,4,7-8,11,16-17H2,(H,18,19). The van der Waals surface area contributed by atoms with Crippen LogP contribution in [-0.4, -0.2) is 28.5 Å². The summed E-state index contributed by atoms with van der Waals surface area (Å²) in [5, 5.41) is 0. The highest BCUT2D eigenvalue weighted by Crippen LogP contribution is 2.14. The zero-order chi connectivity index (χ0) is 15.1. The van der Waals surface area contributed by atoms with Crippen LogP contribution in [0.3, 0.4) is 0 Å². The van der Waals surface area contributed by atoms with E-state index in [0.29, 0.717) is 25.5 Å². The van der Waals surface area contributed by atoms with Crippen molar-refractivity contribution in [1.29, 1.82) is 0 Å². The van der Waals surface area contributed by atoms with Gasteiger partial charge in [0.15, 0.2) is 0 Å². The van der Waals surface area contributed by atoms with E-state index >= 15 is 0 Å². The van der Waals surface area contributed by atoms with Crippen molar-refractivity contribution in [3.8, 4) is 0 Å². The molecule has 6 nitrogen and oxygen atoms in total. The van der Waals surface area contributed by atoms with Gasteiger partial charge in [-0.25, -0.2) is 4.98 Å². The van der Waals surface area contributed by atoms with Gasteiger partial charge in [-0.15, -0.1) is 0 Å². The molecule has 0 saturated heterocycles. The Balaban J connectivity index is 2.15. The molecule has 1 unspecified atom stereocenters. The number of carbonyl (C=O) groups is 1. The third-order valence-corrected chi connectivity index (χ3v) is 3.23. The van der Waals surface area contributed by atoms with Gasteiger partial charge in [-0.3, -0.25) is 9.69 Å². The van der Waals surface area contributed by atoms with E-state index in [1.165, 1.54) is 0 Å². The molecular formula is C15H21N5O. The highest BCUT2D eigenvalue weighted by atomic mass is 16.2. The summed E-state index contributed by atoms with van der Waals surface area (Å²) in [6.07, 6.45) is 4.60. The number of nitrogens with two attached hydrogens (primary N) is 2. The maximum atomic E-state index is 12.6. The number of imidazole rings is 1. The quantitative estimate of drug-likeness (QED) is 0.707. The first kappa shape index (κ1) is 15.2. The van der Waals surface area contributed by atoms with E-state index in [-0.39, 0.29) is 5.91 Å². The molecule has 2 rings (SSSR count). The van der Waals surface area contributed by atoms with Gasteiger partial charge in [0.05, 0.1) is 12.6 Å². The number of aromatic amines is 1. The third-order valence-electron chi connectivity index (χ3n) is 3.23. The molecule has 1 heterocycles. The van der Waals surface area contributed by atoms with Crippen molar-refractivity contribution in [3.05, 3.63) is 48.3 Å². The lowest BCUT2D eigenvalue weighted by Gasteiger charge is -2.23. The number of nitrogens with zero attached hydrogens (tertiary/aromatic N) is 2. The molecule has 5 N–H and O–H groups in total. The molecule has 1 amide bonds. The zero-order valence-corrected chi connectivity index (χ0v) is 11.9. The Bertz CT molecular complexity index is 540. The van der Waals surface area contributed by atoms with Crippen LogP contribution < -0.4 is 16.4 Å². The molecule has 0 aliphatic heterocycles. The molecule has 1 atom stereocenters. The minimum atomic E-state index is -0.567. The fraction of sp³-hybridized carbons (Fsp3) is 0.333. The Morgan fingerprint density at radius 3 is 2.71 bits per heavy atom. The van der Waals surface area contributed by atoms with Crippen LogP contribution in [0.4, 0.5) is 5.95 Å². The maximum Gasteiger partial charge on any atom is 0.246 e. The highest BCUT2D eigenvalue weighted by molar-refractivity contribution is 5.95. The minimum absolute atomic E-state index is 0.151. The van der Waals surface area contributed by atoms with Gasteiger partial charge < -0.3 is 16.5 Å². The van der Waals surface area contributed by atoms with Gasteiger partial charge in [-0.05, 0) is 24.9 Å². The summed E-state index contributed by atoms with van der Waals surface area (Å²) in [4.78, 5) is 21.3. The normalized spacial score (nSPS) is 12.1. The molecule has 2 aromatic rings. The zero-order valence-electron chi connectivity index (χ0n) is 11.9. The van der Waals surface area contributed by atoms with Crippen LogP contribution in [0.25, 0.3) is 0 Å². The van der Waals surface area contributed by atoms with Crippen LogP contribution in [0.5, 0.6) is 0 Å². The van der Waals surface area contributed by atoms with E-state index in [1.54, 1.807) is 17.3 Å². The Morgan fingerprint density at radius 1 is 1.33 bits per heavy atom. The molecule has 112 valence electrons. The first-order valence-corrected chi connectivity index (χ1v) is 7.02. The number of anilines is 1. The maximum absolute atomic E-state index is 12.6. The molecule has 1 aromatic heterocycles. The average molecular weight is 287 g/mol. The van der Waals surface area contributed by atoms with E-state index in [4.69, 9.17) is 11.5 Å². The van der Waals surface area contributed by atoms with Crippen molar-refractivity contribution in [1.82, 2.24) is 9.97 Å². The molecule has 1 aromatic carbocycles. The number of nitrogens with one attached hydrogen (secondary N) is 1. The largest absolute Gasteiger partial charge is 0.331 e. The van der Waals surface area contributed by atoms with E-state index in [2.05, 4.69) is 9.97 Å². The molecule has 0 aliphatic carbocycles. The smallest absolute Gasteiger partial charge is 0.246 e. The van der Waals surface area contributed by atoms with Gasteiger partial charge in [0.25, 0.3) is 0 Å². The summed E-state index contributed by atoms with van der Waals surface area (Å²) in [5.41, 5.74) is 12.5. The van der Waals surface area contributed by atoms with Crippen LogP contribution in [0.1, 0.15) is 18.4 Å². The van der Waals surface area contributed by atoms with Crippen molar-refractivity contribution < 1.29 is 4.79 Å². The summed E-state index contributed by atoms with van der Waals surface area (Å²) >= 11 is 0. The van der Waals surface area contributed by atoms with E-state index < -0.39 is 6.04 Å². The van der Waals surface area contributed by atoms with Gasteiger partial charge >= 0.3 is 0 Å². The summed E-state index contributed by atoms with van der Waals surface area (Å²) in [6, 6.07) is 9.18. The molecule has 0 aliphatic rings. The fourth-order valence-electron chi connectivity index (χ4n) is 2.09. The second-order valence-corrected chi connectivity index (χ2v) is 4.86. The summed E-state index contributed by atoms with van der Waals surface area (Å²) in [6.45, 7) is 0.962. The number of carbonyl (C=O) groups excluding carboxylic acids is 1. The molecule has 0 bridgehead atoms. The van der Waals surface area contributed by atoms with Crippen LogP contribution >= 0.6 is 0 Å². The average Bonchev–Trinajstić information content (AvgIpc) is 3.04. The molecule has 0 fully saturated rings. The second-order valence-electron chi connectivity index (χ2n) is 4.86. The van der Waals surface area contributed by atoms with Crippen molar-refractivity contribution in [3.63, 3.8) is 0 Å².